The van der Waals surface area contributed by atoms with Crippen LogP contribution >= 0.6 is 0 Å². The summed E-state index contributed by atoms with van der Waals surface area (Å²) >= 11 is 0. The van der Waals surface area contributed by atoms with Gasteiger partial charge in [-0.05, 0) is 0 Å². The number of ether oxygens (including phenoxy) is 1. The molecule has 0 aliphatic heterocycles. The van der Waals surface area contributed by atoms with Gasteiger partial charge in [-0.2, -0.15) is 0 Å². The van der Waals surface area contributed by atoms with Crippen molar-refractivity contribution in [3.63, 3.8) is 0 Å². The van der Waals surface area contributed by atoms with Gasteiger partial charge in [0.25, 0.3) is 0 Å². The van der Waals surface area contributed by atoms with E-state index in [4.69, 9.17) is 4.74 Å². The maximum absolute atomic E-state index is 10.6. The van der Waals surface area contributed by atoms with Crippen molar-refractivity contribution >= 4 is 16.2 Å². The summed E-state index contributed by atoms with van der Waals surface area (Å²) in [6, 6.07) is 0. The maximum Gasteiger partial charge on any atom is 0.230 e. The van der Waals surface area contributed by atoms with E-state index in [2.05, 4.69) is 16.3 Å². The molecule has 0 fully saturated rings. The molecule has 6 heteroatoms. The zero-order valence-corrected chi connectivity index (χ0v) is 8.34. The van der Waals surface area contributed by atoms with Gasteiger partial charge < -0.3 is 4.74 Å². The summed E-state index contributed by atoms with van der Waals surface area (Å²) in [6.07, 6.45) is 5.02. The van der Waals surface area contributed by atoms with Gasteiger partial charge in [0.05, 0.1) is 19.6 Å². The fraction of sp³-hybridized carbons (Fsp3) is 0.286. The van der Waals surface area contributed by atoms with Crippen molar-refractivity contribution in [2.45, 2.75) is 0 Å². The second-order valence-electron chi connectivity index (χ2n) is 2.09. The van der Waals surface area contributed by atoms with Gasteiger partial charge in [0, 0.05) is 6.21 Å². The van der Waals surface area contributed by atoms with Gasteiger partial charge in [-0.3, -0.25) is 4.72 Å². The molecule has 0 aliphatic rings. The predicted octanol–water partition coefficient (Wildman–Crippen LogP) is 0.238. The lowest BCUT2D eigenvalue weighted by Gasteiger charge is -1.99. The summed E-state index contributed by atoms with van der Waals surface area (Å²) in [5.41, 5.74) is 0. The van der Waals surface area contributed by atoms with Crippen LogP contribution in [0.4, 0.5) is 0 Å². The fourth-order valence-corrected chi connectivity index (χ4v) is 0.747. The second kappa shape index (κ2) is 5.36. The standard InChI is InChI=1S/C7H12N2O3S/c1-4-5-8-7(12-2)6-9-13(3,10)11/h4-6,9H,1H2,2-3H3/b7-6-,8-5?. The number of rotatable bonds is 5. The van der Waals surface area contributed by atoms with Gasteiger partial charge >= 0.3 is 0 Å². The van der Waals surface area contributed by atoms with Crippen molar-refractivity contribution in [3.8, 4) is 0 Å². The number of nitrogens with zero attached hydrogens (tertiary/aromatic N) is 1. The van der Waals surface area contributed by atoms with E-state index in [0.29, 0.717) is 0 Å². The zero-order chi connectivity index (χ0) is 10.3. The molecule has 0 spiro atoms. The van der Waals surface area contributed by atoms with Crippen LogP contribution in [0.15, 0.2) is 29.7 Å². The Morgan fingerprint density at radius 1 is 1.62 bits per heavy atom. The molecular formula is C7H12N2O3S. The Morgan fingerprint density at radius 3 is 2.62 bits per heavy atom. The van der Waals surface area contributed by atoms with Gasteiger partial charge in [-0.15, -0.1) is 0 Å². The first-order chi connectivity index (χ1) is 5.99. The maximum atomic E-state index is 10.6. The van der Waals surface area contributed by atoms with Crippen molar-refractivity contribution < 1.29 is 13.2 Å². The largest absolute Gasteiger partial charge is 0.480 e. The lowest BCUT2D eigenvalue weighted by atomic mass is 10.7. The van der Waals surface area contributed by atoms with Crippen LogP contribution in [0.25, 0.3) is 0 Å². The van der Waals surface area contributed by atoms with Gasteiger partial charge in [-0.25, -0.2) is 13.4 Å². The third kappa shape index (κ3) is 7.07. The molecule has 0 saturated heterocycles. The average molecular weight is 204 g/mol. The van der Waals surface area contributed by atoms with Gasteiger partial charge in [0.15, 0.2) is 0 Å². The van der Waals surface area contributed by atoms with E-state index < -0.39 is 10.0 Å². The summed E-state index contributed by atoms with van der Waals surface area (Å²) in [5, 5.41) is 0. The minimum atomic E-state index is -3.26. The summed E-state index contributed by atoms with van der Waals surface area (Å²) in [6.45, 7) is 3.41. The lowest BCUT2D eigenvalue weighted by Crippen LogP contribution is -2.15. The molecule has 0 amide bonds. The van der Waals surface area contributed by atoms with E-state index in [1.165, 1.54) is 19.4 Å². The third-order valence-corrected chi connectivity index (χ3v) is 1.46. The minimum absolute atomic E-state index is 0.158. The highest BCUT2D eigenvalue weighted by Crippen LogP contribution is 1.94. The molecular weight excluding hydrogens is 192 g/mol. The van der Waals surface area contributed by atoms with Crippen LogP contribution in [0, 0.1) is 0 Å². The molecule has 0 aromatic rings. The summed E-state index contributed by atoms with van der Waals surface area (Å²) in [4.78, 5) is 3.73. The van der Waals surface area contributed by atoms with Gasteiger partial charge in [-0.1, -0.05) is 12.7 Å². The normalized spacial score (nSPS) is 12.9. The van der Waals surface area contributed by atoms with Crippen molar-refractivity contribution in [2.24, 2.45) is 4.99 Å². The molecule has 0 aromatic heterocycles. The topological polar surface area (TPSA) is 67.8 Å². The van der Waals surface area contributed by atoms with E-state index in [9.17, 15) is 8.42 Å². The van der Waals surface area contributed by atoms with E-state index in [-0.39, 0.29) is 5.88 Å². The molecule has 74 valence electrons. The molecule has 0 saturated carbocycles. The van der Waals surface area contributed by atoms with E-state index in [0.717, 1.165) is 12.5 Å². The molecule has 0 unspecified atom stereocenters. The van der Waals surface area contributed by atoms with E-state index in [1.807, 2.05) is 0 Å². The highest BCUT2D eigenvalue weighted by atomic mass is 32.2. The van der Waals surface area contributed by atoms with Crippen LogP contribution in [-0.4, -0.2) is 28.0 Å². The predicted molar refractivity (Wildman–Crippen MR) is 51.8 cm³/mol. The highest BCUT2D eigenvalue weighted by Gasteiger charge is 1.96. The van der Waals surface area contributed by atoms with E-state index in [1.54, 1.807) is 0 Å². The molecule has 0 heterocycles. The van der Waals surface area contributed by atoms with Crippen molar-refractivity contribution in [1.29, 1.82) is 0 Å². The number of hydrogen-bond acceptors (Lipinski definition) is 4. The lowest BCUT2D eigenvalue weighted by molar-refractivity contribution is 0.287. The first-order valence-electron chi connectivity index (χ1n) is 3.36. The number of sulfonamides is 1. The average Bonchev–Trinajstić information content (AvgIpc) is 2.03. The Morgan fingerprint density at radius 2 is 2.23 bits per heavy atom. The Labute approximate surface area is 77.9 Å². The van der Waals surface area contributed by atoms with Crippen LogP contribution < -0.4 is 4.72 Å². The molecule has 5 nitrogen and oxygen atoms in total. The molecule has 0 aromatic carbocycles. The number of aliphatic imine (C=N–C) groups is 1. The Bertz CT molecular complexity index is 317. The molecule has 0 aliphatic carbocycles. The molecule has 0 bridgehead atoms. The monoisotopic (exact) mass is 204 g/mol. The van der Waals surface area contributed by atoms with Crippen molar-refractivity contribution in [3.05, 3.63) is 24.7 Å². The van der Waals surface area contributed by atoms with E-state index >= 15 is 0 Å². The minimum Gasteiger partial charge on any atom is -0.480 e. The van der Waals surface area contributed by atoms with Crippen LogP contribution in [0.1, 0.15) is 0 Å². The number of hydrogen-bond donors (Lipinski definition) is 1. The number of nitrogens with one attached hydrogen (secondary N) is 1. The van der Waals surface area contributed by atoms with Gasteiger partial charge in [0.2, 0.25) is 15.9 Å². The molecule has 0 radical (unpaired) electrons. The van der Waals surface area contributed by atoms with Gasteiger partial charge in [0.1, 0.15) is 0 Å². The SMILES string of the molecule is C=CC=N/C(=C/NS(C)(=O)=O)OC. The molecule has 1 N–H and O–H groups in total. The Balaban J connectivity index is 4.40. The summed E-state index contributed by atoms with van der Waals surface area (Å²) < 4.78 is 28.1. The first kappa shape index (κ1) is 11.7. The first-order valence-corrected chi connectivity index (χ1v) is 5.25. The van der Waals surface area contributed by atoms with Crippen LogP contribution in [0.3, 0.4) is 0 Å². The Hall–Kier alpha value is -1.30. The molecule has 0 atom stereocenters. The Kier molecular flexibility index (Phi) is 4.83. The van der Waals surface area contributed by atoms with Crippen LogP contribution in [0.5, 0.6) is 0 Å². The summed E-state index contributed by atoms with van der Waals surface area (Å²) in [7, 11) is -1.88. The highest BCUT2D eigenvalue weighted by molar-refractivity contribution is 7.88. The van der Waals surface area contributed by atoms with Crippen LogP contribution in [-0.2, 0) is 14.8 Å². The molecule has 13 heavy (non-hydrogen) atoms. The zero-order valence-electron chi connectivity index (χ0n) is 7.52. The smallest absolute Gasteiger partial charge is 0.230 e. The van der Waals surface area contributed by atoms with Crippen molar-refractivity contribution in [1.82, 2.24) is 4.72 Å². The summed E-state index contributed by atoms with van der Waals surface area (Å²) in [5.74, 6) is 0.158. The third-order valence-electron chi connectivity index (χ3n) is 0.913. The number of methoxy groups -OCH3 is 1. The second-order valence-corrected chi connectivity index (χ2v) is 3.87. The molecule has 0 rings (SSSR count). The fourth-order valence-electron chi connectivity index (χ4n) is 0.433. The van der Waals surface area contributed by atoms with Crippen LogP contribution in [0.2, 0.25) is 0 Å². The number of allylic oxidation sites excluding steroid dienone is 1. The van der Waals surface area contributed by atoms with Crippen molar-refractivity contribution in [2.75, 3.05) is 13.4 Å². The quantitative estimate of drug-likeness (QED) is 0.515.